The van der Waals surface area contributed by atoms with Crippen molar-refractivity contribution in [3.63, 3.8) is 0 Å². The summed E-state index contributed by atoms with van der Waals surface area (Å²) in [5, 5.41) is 0. The van der Waals surface area contributed by atoms with Crippen LogP contribution in [0.3, 0.4) is 0 Å². The zero-order valence-corrected chi connectivity index (χ0v) is 20.0. The highest BCUT2D eigenvalue weighted by Gasteiger charge is 2.29. The van der Waals surface area contributed by atoms with Crippen molar-refractivity contribution in [1.29, 1.82) is 0 Å². The maximum absolute atomic E-state index is 13.2. The van der Waals surface area contributed by atoms with Gasteiger partial charge in [0, 0.05) is 20.1 Å². The number of ether oxygens (including phenoxy) is 1. The molecule has 1 aliphatic rings. The second-order valence-electron chi connectivity index (χ2n) is 7.49. The Kier molecular flexibility index (Phi) is 6.05. The summed E-state index contributed by atoms with van der Waals surface area (Å²) in [6, 6.07) is 8.57. The minimum atomic E-state index is -4.02. The predicted octanol–water partition coefficient (Wildman–Crippen LogP) is 2.58. The van der Waals surface area contributed by atoms with Crippen LogP contribution < -0.4 is 14.3 Å². The van der Waals surface area contributed by atoms with E-state index in [1.54, 1.807) is 13.1 Å². The molecule has 2 aromatic carbocycles. The maximum atomic E-state index is 13.2. The normalized spacial score (nSPS) is 15.7. The predicted molar refractivity (Wildman–Crippen MR) is 123 cm³/mol. The number of sulfonamides is 2. The van der Waals surface area contributed by atoms with Gasteiger partial charge in [0.05, 0.1) is 27.9 Å². The summed E-state index contributed by atoms with van der Waals surface area (Å²) >= 11 is 0.956. The molecule has 0 atom stereocenters. The summed E-state index contributed by atoms with van der Waals surface area (Å²) in [5.41, 5.74) is 0.737. The van der Waals surface area contributed by atoms with Crippen molar-refractivity contribution < 1.29 is 21.6 Å². The van der Waals surface area contributed by atoms with Gasteiger partial charge in [-0.15, -0.1) is 0 Å². The van der Waals surface area contributed by atoms with Crippen molar-refractivity contribution in [3.8, 4) is 5.75 Å². The van der Waals surface area contributed by atoms with Crippen LogP contribution in [0.15, 0.2) is 51.0 Å². The van der Waals surface area contributed by atoms with Gasteiger partial charge in [-0.2, -0.15) is 4.31 Å². The monoisotopic (exact) mass is 497 g/mol. The van der Waals surface area contributed by atoms with E-state index in [1.165, 1.54) is 46.3 Å². The fourth-order valence-electron chi connectivity index (χ4n) is 3.68. The highest BCUT2D eigenvalue weighted by atomic mass is 32.2. The Bertz CT molecular complexity index is 1430. The first kappa shape index (κ1) is 22.8. The van der Waals surface area contributed by atoms with Crippen molar-refractivity contribution in [2.24, 2.45) is 7.05 Å². The van der Waals surface area contributed by atoms with Crippen LogP contribution in [0, 0.1) is 0 Å². The fourth-order valence-corrected chi connectivity index (χ4v) is 7.45. The van der Waals surface area contributed by atoms with E-state index in [0.29, 0.717) is 23.3 Å². The van der Waals surface area contributed by atoms with E-state index in [-0.39, 0.29) is 26.1 Å². The topological polar surface area (TPSA) is 115 Å². The highest BCUT2D eigenvalue weighted by Crippen LogP contribution is 2.32. The van der Waals surface area contributed by atoms with E-state index in [0.717, 1.165) is 30.6 Å². The van der Waals surface area contributed by atoms with Crippen LogP contribution in [0.2, 0.25) is 0 Å². The van der Waals surface area contributed by atoms with Crippen molar-refractivity contribution in [3.05, 3.63) is 46.1 Å². The van der Waals surface area contributed by atoms with Gasteiger partial charge in [0.1, 0.15) is 10.6 Å². The van der Waals surface area contributed by atoms with E-state index >= 15 is 0 Å². The van der Waals surface area contributed by atoms with Crippen LogP contribution in [0.25, 0.3) is 10.2 Å². The number of hydrogen-bond donors (Lipinski definition) is 1. The Hall–Kier alpha value is -2.41. The SMILES string of the molecule is COc1ccc(NS(=O)(=O)c2ccc3c(c2)sc(=O)n3C)cc1S(=O)(=O)N1CCCCC1. The Morgan fingerprint density at radius 3 is 2.41 bits per heavy atom. The molecule has 3 aromatic rings. The van der Waals surface area contributed by atoms with Crippen LogP contribution in [-0.2, 0) is 27.1 Å². The molecule has 9 nitrogen and oxygen atoms in total. The molecule has 1 aliphatic heterocycles. The number of aryl methyl sites for hydroxylation is 1. The number of piperidine rings is 1. The number of nitrogens with one attached hydrogen (secondary N) is 1. The van der Waals surface area contributed by atoms with Gasteiger partial charge in [-0.25, -0.2) is 16.8 Å². The Labute approximate surface area is 190 Å². The van der Waals surface area contributed by atoms with Crippen molar-refractivity contribution in [2.75, 3.05) is 24.9 Å². The molecule has 0 saturated carbocycles. The molecule has 172 valence electrons. The van der Waals surface area contributed by atoms with Gasteiger partial charge in [0.2, 0.25) is 10.0 Å². The van der Waals surface area contributed by atoms with Crippen LogP contribution in [0.1, 0.15) is 19.3 Å². The largest absolute Gasteiger partial charge is 0.495 e. The van der Waals surface area contributed by atoms with E-state index in [9.17, 15) is 21.6 Å². The number of nitrogens with zero attached hydrogens (tertiary/aromatic N) is 2. The molecule has 1 saturated heterocycles. The lowest BCUT2D eigenvalue weighted by atomic mass is 10.2. The number of aromatic nitrogens is 1. The summed E-state index contributed by atoms with van der Waals surface area (Å²) in [6.07, 6.45) is 2.53. The molecule has 32 heavy (non-hydrogen) atoms. The molecule has 0 radical (unpaired) electrons. The lowest BCUT2D eigenvalue weighted by Gasteiger charge is -2.26. The maximum Gasteiger partial charge on any atom is 0.307 e. The highest BCUT2D eigenvalue weighted by molar-refractivity contribution is 7.92. The number of anilines is 1. The van der Waals surface area contributed by atoms with Crippen LogP contribution >= 0.6 is 11.3 Å². The molecule has 0 unspecified atom stereocenters. The molecule has 0 aliphatic carbocycles. The summed E-state index contributed by atoms with van der Waals surface area (Å²) in [4.78, 5) is 11.6. The second-order valence-corrected chi connectivity index (χ2v) is 12.1. The number of hydrogen-bond acceptors (Lipinski definition) is 7. The average molecular weight is 498 g/mol. The Morgan fingerprint density at radius 1 is 1.00 bits per heavy atom. The number of fused-ring (bicyclic) bond motifs is 1. The van der Waals surface area contributed by atoms with Gasteiger partial charge < -0.3 is 9.30 Å². The van der Waals surface area contributed by atoms with E-state index in [2.05, 4.69) is 4.72 Å². The Balaban J connectivity index is 1.70. The molecule has 1 fully saturated rings. The zero-order chi connectivity index (χ0) is 23.1. The molecule has 12 heteroatoms. The number of benzene rings is 2. The van der Waals surface area contributed by atoms with Gasteiger partial charge in [-0.1, -0.05) is 17.8 Å². The van der Waals surface area contributed by atoms with Gasteiger partial charge in [0.25, 0.3) is 10.0 Å². The smallest absolute Gasteiger partial charge is 0.307 e. The Morgan fingerprint density at radius 2 is 1.72 bits per heavy atom. The van der Waals surface area contributed by atoms with E-state index in [4.69, 9.17) is 4.74 Å². The standard InChI is InChI=1S/C20H23N3O6S3/c1-22-16-8-7-15(13-18(16)30-20(22)24)31(25,26)21-14-6-9-17(29-2)19(12-14)32(27,28)23-10-4-3-5-11-23/h6-9,12-13,21H,3-5,10-11H2,1-2H3. The third-order valence-corrected chi connectivity index (χ3v) is 9.72. The first-order valence-corrected chi connectivity index (χ1v) is 13.7. The van der Waals surface area contributed by atoms with Crippen molar-refractivity contribution in [1.82, 2.24) is 8.87 Å². The quantitative estimate of drug-likeness (QED) is 0.560. The lowest BCUT2D eigenvalue weighted by molar-refractivity contribution is 0.343. The molecule has 2 heterocycles. The van der Waals surface area contributed by atoms with Gasteiger partial charge in [-0.05, 0) is 49.2 Å². The summed E-state index contributed by atoms with van der Waals surface area (Å²) in [5.74, 6) is 0.147. The average Bonchev–Trinajstić information content (AvgIpc) is 3.07. The van der Waals surface area contributed by atoms with Gasteiger partial charge in [-0.3, -0.25) is 9.52 Å². The van der Waals surface area contributed by atoms with Gasteiger partial charge in [0.15, 0.2) is 0 Å². The van der Waals surface area contributed by atoms with Crippen LogP contribution in [0.4, 0.5) is 5.69 Å². The van der Waals surface area contributed by atoms with E-state index < -0.39 is 20.0 Å². The molecule has 0 bridgehead atoms. The lowest BCUT2D eigenvalue weighted by Crippen LogP contribution is -2.35. The zero-order valence-electron chi connectivity index (χ0n) is 17.6. The third-order valence-electron chi connectivity index (χ3n) is 5.42. The molecule has 0 amide bonds. The third kappa shape index (κ3) is 4.15. The molecule has 1 N–H and O–H groups in total. The number of thiazole rings is 1. The number of methoxy groups -OCH3 is 1. The van der Waals surface area contributed by atoms with Crippen LogP contribution in [0.5, 0.6) is 5.75 Å². The van der Waals surface area contributed by atoms with Crippen LogP contribution in [-0.4, -0.2) is 45.9 Å². The molecular weight excluding hydrogens is 474 g/mol. The second kappa shape index (κ2) is 8.50. The fraction of sp³-hybridized carbons (Fsp3) is 0.350. The summed E-state index contributed by atoms with van der Waals surface area (Å²) in [6.45, 7) is 0.836. The van der Waals surface area contributed by atoms with E-state index in [1.807, 2.05) is 0 Å². The molecule has 0 spiro atoms. The minimum absolute atomic E-state index is 0.0249. The summed E-state index contributed by atoms with van der Waals surface area (Å²) in [7, 11) is -4.87. The summed E-state index contributed by atoms with van der Waals surface area (Å²) < 4.78 is 63.4. The van der Waals surface area contributed by atoms with Crippen molar-refractivity contribution >= 4 is 47.3 Å². The minimum Gasteiger partial charge on any atom is -0.495 e. The van der Waals surface area contributed by atoms with Gasteiger partial charge >= 0.3 is 4.87 Å². The molecule has 4 rings (SSSR count). The van der Waals surface area contributed by atoms with Crippen molar-refractivity contribution in [2.45, 2.75) is 29.1 Å². The first-order valence-electron chi connectivity index (χ1n) is 9.94. The molecule has 1 aromatic heterocycles. The molecular formula is C20H23N3O6S3. The first-order chi connectivity index (χ1) is 15.1. The number of rotatable bonds is 6.